The summed E-state index contributed by atoms with van der Waals surface area (Å²) in [6, 6.07) is 5.00. The minimum Gasteiger partial charge on any atom is -0.486 e. The van der Waals surface area contributed by atoms with Gasteiger partial charge in [0.25, 0.3) is 0 Å². The molecule has 2 N–H and O–H groups in total. The van der Waals surface area contributed by atoms with Gasteiger partial charge in [-0.1, -0.05) is 0 Å². The van der Waals surface area contributed by atoms with Gasteiger partial charge in [0.1, 0.15) is 19.8 Å². The number of hydrogen-bond donors (Lipinski definition) is 1. The molecule has 0 amide bonds. The Balaban J connectivity index is 2.24. The lowest BCUT2D eigenvalue weighted by Gasteiger charge is -2.18. The average Bonchev–Trinajstić information content (AvgIpc) is 2.29. The second-order valence-corrected chi connectivity index (χ2v) is 3.09. The molecule has 5 heteroatoms. The highest BCUT2D eigenvalue weighted by molar-refractivity contribution is 5.97. The van der Waals surface area contributed by atoms with Crippen molar-refractivity contribution in [3.8, 4) is 11.5 Å². The van der Waals surface area contributed by atoms with Crippen LogP contribution >= 0.6 is 0 Å². The van der Waals surface area contributed by atoms with Gasteiger partial charge in [0, 0.05) is 5.56 Å². The van der Waals surface area contributed by atoms with Gasteiger partial charge in [-0.05, 0) is 18.2 Å². The van der Waals surface area contributed by atoms with E-state index in [2.05, 4.69) is 4.84 Å². The Kier molecular flexibility index (Phi) is 2.84. The van der Waals surface area contributed by atoms with Gasteiger partial charge in [0.15, 0.2) is 17.3 Å². The van der Waals surface area contributed by atoms with Gasteiger partial charge >= 0.3 is 0 Å². The molecule has 0 atom stereocenters. The maximum absolute atomic E-state index is 11.4. The van der Waals surface area contributed by atoms with Gasteiger partial charge < -0.3 is 9.47 Å². The predicted octanol–water partition coefficient (Wildman–Crippen LogP) is 0.531. The summed E-state index contributed by atoms with van der Waals surface area (Å²) >= 11 is 0. The molecule has 1 aliphatic rings. The van der Waals surface area contributed by atoms with E-state index in [9.17, 15) is 4.79 Å². The Morgan fingerprint density at radius 3 is 2.80 bits per heavy atom. The molecule has 1 aliphatic heterocycles. The van der Waals surface area contributed by atoms with Crippen molar-refractivity contribution < 1.29 is 19.1 Å². The van der Waals surface area contributed by atoms with Gasteiger partial charge in [-0.3, -0.25) is 9.63 Å². The largest absolute Gasteiger partial charge is 0.486 e. The van der Waals surface area contributed by atoms with E-state index in [0.717, 1.165) is 0 Å². The van der Waals surface area contributed by atoms with Crippen LogP contribution < -0.4 is 15.4 Å². The second-order valence-electron chi connectivity index (χ2n) is 3.09. The number of rotatable bonds is 3. The van der Waals surface area contributed by atoms with Crippen LogP contribution in [0, 0.1) is 0 Å². The van der Waals surface area contributed by atoms with E-state index >= 15 is 0 Å². The first kappa shape index (κ1) is 9.95. The summed E-state index contributed by atoms with van der Waals surface area (Å²) in [4.78, 5) is 15.7. The number of hydrogen-bond acceptors (Lipinski definition) is 5. The molecule has 0 unspecified atom stereocenters. The second kappa shape index (κ2) is 4.29. The van der Waals surface area contributed by atoms with Crippen molar-refractivity contribution in [2.45, 2.75) is 0 Å². The molecule has 0 saturated heterocycles. The first-order valence-corrected chi connectivity index (χ1v) is 4.56. The topological polar surface area (TPSA) is 70.8 Å². The van der Waals surface area contributed by atoms with Gasteiger partial charge in [0.2, 0.25) is 0 Å². The Morgan fingerprint density at radius 1 is 1.33 bits per heavy atom. The molecule has 2 rings (SSSR count). The van der Waals surface area contributed by atoms with E-state index < -0.39 is 0 Å². The molecule has 0 radical (unpaired) electrons. The maximum atomic E-state index is 11.4. The summed E-state index contributed by atoms with van der Waals surface area (Å²) in [7, 11) is 0. The minimum absolute atomic E-state index is 0.139. The Labute approximate surface area is 86.7 Å². The number of carbonyl (C=O) groups excluding carboxylic acids is 1. The number of nitrogens with two attached hydrogens (primary N) is 1. The molecule has 1 aromatic rings. The molecule has 0 saturated carbocycles. The lowest BCUT2D eigenvalue weighted by Crippen LogP contribution is -2.17. The van der Waals surface area contributed by atoms with Gasteiger partial charge in [-0.2, -0.15) is 0 Å². The van der Waals surface area contributed by atoms with Gasteiger partial charge in [-0.15, -0.1) is 0 Å². The normalized spacial score (nSPS) is 13.7. The van der Waals surface area contributed by atoms with Crippen molar-refractivity contribution in [1.29, 1.82) is 0 Å². The summed E-state index contributed by atoms with van der Waals surface area (Å²) < 4.78 is 10.7. The monoisotopic (exact) mass is 209 g/mol. The summed E-state index contributed by atoms with van der Waals surface area (Å²) in [5, 5.41) is 0. The molecule has 5 nitrogen and oxygen atoms in total. The zero-order valence-electron chi connectivity index (χ0n) is 8.06. The van der Waals surface area contributed by atoms with Crippen molar-refractivity contribution in [3.05, 3.63) is 23.8 Å². The lowest BCUT2D eigenvalue weighted by atomic mass is 10.1. The highest BCUT2D eigenvalue weighted by atomic mass is 16.6. The third-order valence-corrected chi connectivity index (χ3v) is 2.08. The van der Waals surface area contributed by atoms with Crippen LogP contribution in [0.2, 0.25) is 0 Å². The highest BCUT2D eigenvalue weighted by Gasteiger charge is 2.14. The van der Waals surface area contributed by atoms with E-state index in [0.29, 0.717) is 30.3 Å². The molecule has 1 aromatic carbocycles. The first-order valence-electron chi connectivity index (χ1n) is 4.56. The molecule has 1 heterocycles. The third kappa shape index (κ3) is 2.08. The van der Waals surface area contributed by atoms with Crippen molar-refractivity contribution in [3.63, 3.8) is 0 Å². The zero-order chi connectivity index (χ0) is 10.7. The van der Waals surface area contributed by atoms with Crippen molar-refractivity contribution in [1.82, 2.24) is 0 Å². The number of ketones is 1. The summed E-state index contributed by atoms with van der Waals surface area (Å²) in [5.74, 6) is 5.89. The molecule has 80 valence electrons. The SMILES string of the molecule is NOCC(=O)c1ccc2c(c1)OCCO2. The van der Waals surface area contributed by atoms with Crippen LogP contribution in [0.15, 0.2) is 18.2 Å². The minimum atomic E-state index is -0.186. The van der Waals surface area contributed by atoms with Crippen molar-refractivity contribution in [2.24, 2.45) is 5.90 Å². The van der Waals surface area contributed by atoms with E-state index in [4.69, 9.17) is 15.4 Å². The number of carbonyl (C=O) groups is 1. The Morgan fingerprint density at radius 2 is 2.07 bits per heavy atom. The fourth-order valence-corrected chi connectivity index (χ4v) is 1.38. The van der Waals surface area contributed by atoms with Crippen molar-refractivity contribution >= 4 is 5.78 Å². The van der Waals surface area contributed by atoms with Gasteiger partial charge in [0.05, 0.1) is 0 Å². The van der Waals surface area contributed by atoms with Crippen LogP contribution in [0.3, 0.4) is 0 Å². The smallest absolute Gasteiger partial charge is 0.190 e. The molecule has 0 spiro atoms. The molecule has 0 fully saturated rings. The van der Waals surface area contributed by atoms with Crippen LogP contribution in [0.5, 0.6) is 11.5 Å². The molecular weight excluding hydrogens is 198 g/mol. The highest BCUT2D eigenvalue weighted by Crippen LogP contribution is 2.30. The van der Waals surface area contributed by atoms with E-state index in [1.807, 2.05) is 0 Å². The quantitative estimate of drug-likeness (QED) is 0.580. The van der Waals surface area contributed by atoms with Gasteiger partial charge in [-0.25, -0.2) is 5.90 Å². The standard InChI is InChI=1S/C10H11NO4/c11-15-6-8(12)7-1-2-9-10(5-7)14-4-3-13-9/h1-2,5H,3-4,6,11H2. The lowest BCUT2D eigenvalue weighted by molar-refractivity contribution is 0.0762. The predicted molar refractivity (Wildman–Crippen MR) is 51.9 cm³/mol. The first-order chi connectivity index (χ1) is 7.31. The number of ether oxygens (including phenoxy) is 2. The van der Waals surface area contributed by atoms with Crippen LogP contribution in [-0.2, 0) is 4.84 Å². The fourth-order valence-electron chi connectivity index (χ4n) is 1.38. The summed E-state index contributed by atoms with van der Waals surface area (Å²) in [5.41, 5.74) is 0.504. The van der Waals surface area contributed by atoms with E-state index in [1.54, 1.807) is 18.2 Å². The zero-order valence-corrected chi connectivity index (χ0v) is 8.06. The van der Waals surface area contributed by atoms with Crippen LogP contribution in [0.4, 0.5) is 0 Å². The average molecular weight is 209 g/mol. The van der Waals surface area contributed by atoms with Crippen molar-refractivity contribution in [2.75, 3.05) is 19.8 Å². The van der Waals surface area contributed by atoms with Crippen LogP contribution in [0.1, 0.15) is 10.4 Å². The Bertz CT molecular complexity index is 378. The fraction of sp³-hybridized carbons (Fsp3) is 0.300. The number of Topliss-reactive ketones (excluding diaryl/α,β-unsaturated/α-hetero) is 1. The molecule has 0 bridgehead atoms. The number of fused-ring (bicyclic) bond motifs is 1. The van der Waals surface area contributed by atoms with Crippen LogP contribution in [0.25, 0.3) is 0 Å². The molecule has 0 aromatic heterocycles. The number of benzene rings is 1. The Hall–Kier alpha value is -1.59. The molecule has 0 aliphatic carbocycles. The molecular formula is C10H11NO4. The van der Waals surface area contributed by atoms with Crippen LogP contribution in [-0.4, -0.2) is 25.6 Å². The van der Waals surface area contributed by atoms with E-state index in [1.165, 1.54) is 0 Å². The maximum Gasteiger partial charge on any atom is 0.190 e. The van der Waals surface area contributed by atoms with E-state index in [-0.39, 0.29) is 12.4 Å². The molecule has 15 heavy (non-hydrogen) atoms. The summed E-state index contributed by atoms with van der Waals surface area (Å²) in [6.07, 6.45) is 0. The summed E-state index contributed by atoms with van der Waals surface area (Å²) in [6.45, 7) is 0.893. The third-order valence-electron chi connectivity index (χ3n) is 2.08.